The number of sulfonamides is 1. The number of likely N-dealkylation sites (tertiary alicyclic amines) is 1. The van der Waals surface area contributed by atoms with Gasteiger partial charge in [0.25, 0.3) is 0 Å². The van der Waals surface area contributed by atoms with Gasteiger partial charge in [-0.1, -0.05) is 12.8 Å². The van der Waals surface area contributed by atoms with E-state index in [-0.39, 0.29) is 42.3 Å². The van der Waals surface area contributed by atoms with Gasteiger partial charge in [0.15, 0.2) is 0 Å². The Morgan fingerprint density at radius 1 is 0.971 bits per heavy atom. The van der Waals surface area contributed by atoms with E-state index >= 15 is 0 Å². The predicted octanol–water partition coefficient (Wildman–Crippen LogP) is 2.17. The van der Waals surface area contributed by atoms with Crippen LogP contribution < -0.4 is 5.32 Å². The molecule has 188 valence electrons. The molecule has 0 atom stereocenters. The summed E-state index contributed by atoms with van der Waals surface area (Å²) in [5.41, 5.74) is 0.297. The average molecular weight is 494 g/mol. The Kier molecular flexibility index (Phi) is 9.46. The molecule has 2 heterocycles. The SMILES string of the molecule is CCOC(=O)c1ccc(S(=O)(=O)N2CCC(C(=O)NCCC(=O)N3CCCCCC3)CC2)cc1. The number of rotatable bonds is 8. The summed E-state index contributed by atoms with van der Waals surface area (Å²) >= 11 is 0. The first kappa shape index (κ1) is 26.2. The zero-order chi connectivity index (χ0) is 24.6. The van der Waals surface area contributed by atoms with Gasteiger partial charge in [0.05, 0.1) is 17.1 Å². The van der Waals surface area contributed by atoms with Crippen molar-refractivity contribution in [1.29, 1.82) is 0 Å². The normalized spacial score (nSPS) is 18.2. The fourth-order valence-corrected chi connectivity index (χ4v) is 5.87. The van der Waals surface area contributed by atoms with Gasteiger partial charge in [0, 0.05) is 45.1 Å². The second-order valence-corrected chi connectivity index (χ2v) is 10.7. The fraction of sp³-hybridized carbons (Fsp3) is 0.625. The molecule has 0 spiro atoms. The van der Waals surface area contributed by atoms with E-state index in [0.29, 0.717) is 31.4 Å². The predicted molar refractivity (Wildman–Crippen MR) is 127 cm³/mol. The van der Waals surface area contributed by atoms with Crippen LogP contribution in [0.25, 0.3) is 0 Å². The summed E-state index contributed by atoms with van der Waals surface area (Å²) in [6.07, 6.45) is 5.53. The summed E-state index contributed by atoms with van der Waals surface area (Å²) in [4.78, 5) is 38.7. The van der Waals surface area contributed by atoms with Crippen LogP contribution in [0.1, 0.15) is 62.2 Å². The lowest BCUT2D eigenvalue weighted by molar-refractivity contribution is -0.131. The van der Waals surface area contributed by atoms with Gasteiger partial charge >= 0.3 is 5.97 Å². The highest BCUT2D eigenvalue weighted by molar-refractivity contribution is 7.89. The maximum absolute atomic E-state index is 13.0. The van der Waals surface area contributed by atoms with Gasteiger partial charge in [-0.25, -0.2) is 13.2 Å². The third kappa shape index (κ3) is 6.79. The number of piperidine rings is 1. The van der Waals surface area contributed by atoms with Crippen molar-refractivity contribution in [2.45, 2.75) is 56.8 Å². The van der Waals surface area contributed by atoms with Gasteiger partial charge in [0.2, 0.25) is 21.8 Å². The number of hydrogen-bond donors (Lipinski definition) is 1. The van der Waals surface area contributed by atoms with Crippen molar-refractivity contribution < 1.29 is 27.5 Å². The van der Waals surface area contributed by atoms with Crippen molar-refractivity contribution in [3.8, 4) is 0 Å². The largest absolute Gasteiger partial charge is 0.462 e. The third-order valence-electron chi connectivity index (χ3n) is 6.42. The number of nitrogens with zero attached hydrogens (tertiary/aromatic N) is 2. The molecule has 2 saturated heterocycles. The maximum atomic E-state index is 13.0. The van der Waals surface area contributed by atoms with Crippen molar-refractivity contribution in [1.82, 2.24) is 14.5 Å². The highest BCUT2D eigenvalue weighted by Gasteiger charge is 2.32. The van der Waals surface area contributed by atoms with Crippen LogP contribution in [0.2, 0.25) is 0 Å². The molecule has 2 aliphatic heterocycles. The molecular formula is C24H35N3O6S. The Hall–Kier alpha value is -2.46. The fourth-order valence-electron chi connectivity index (χ4n) is 4.40. The van der Waals surface area contributed by atoms with Crippen molar-refractivity contribution in [3.63, 3.8) is 0 Å². The summed E-state index contributed by atoms with van der Waals surface area (Å²) in [5.74, 6) is -0.811. The number of carbonyl (C=O) groups excluding carboxylic acids is 3. The van der Waals surface area contributed by atoms with E-state index in [4.69, 9.17) is 4.74 Å². The van der Waals surface area contributed by atoms with Crippen LogP contribution in [0.3, 0.4) is 0 Å². The number of amides is 2. The van der Waals surface area contributed by atoms with E-state index < -0.39 is 16.0 Å². The molecule has 1 aromatic carbocycles. The quantitative estimate of drug-likeness (QED) is 0.556. The number of benzene rings is 1. The molecule has 0 aromatic heterocycles. The van der Waals surface area contributed by atoms with E-state index in [2.05, 4.69) is 5.32 Å². The minimum absolute atomic E-state index is 0.0806. The first-order chi connectivity index (χ1) is 16.3. The Morgan fingerprint density at radius 2 is 1.59 bits per heavy atom. The van der Waals surface area contributed by atoms with E-state index in [1.54, 1.807) is 6.92 Å². The first-order valence-electron chi connectivity index (χ1n) is 12.2. The smallest absolute Gasteiger partial charge is 0.338 e. The zero-order valence-corrected chi connectivity index (χ0v) is 20.6. The number of esters is 1. The van der Waals surface area contributed by atoms with Gasteiger partial charge in [0.1, 0.15) is 0 Å². The number of ether oxygens (including phenoxy) is 1. The van der Waals surface area contributed by atoms with Crippen LogP contribution in [0.15, 0.2) is 29.2 Å². The van der Waals surface area contributed by atoms with Crippen LogP contribution in [-0.2, 0) is 24.3 Å². The maximum Gasteiger partial charge on any atom is 0.338 e. The molecular weight excluding hydrogens is 458 g/mol. The summed E-state index contributed by atoms with van der Waals surface area (Å²) < 4.78 is 32.2. The lowest BCUT2D eigenvalue weighted by atomic mass is 9.97. The van der Waals surface area contributed by atoms with Crippen molar-refractivity contribution in [2.75, 3.05) is 39.3 Å². The lowest BCUT2D eigenvalue weighted by Crippen LogP contribution is -2.43. The number of nitrogens with one attached hydrogen (secondary N) is 1. The Balaban J connectivity index is 1.45. The van der Waals surface area contributed by atoms with Crippen molar-refractivity contribution >= 4 is 27.8 Å². The van der Waals surface area contributed by atoms with Crippen LogP contribution in [0.5, 0.6) is 0 Å². The molecule has 0 bridgehead atoms. The molecule has 0 aliphatic carbocycles. The molecule has 3 rings (SSSR count). The number of hydrogen-bond acceptors (Lipinski definition) is 6. The van der Waals surface area contributed by atoms with E-state index in [9.17, 15) is 22.8 Å². The molecule has 1 aromatic rings. The minimum Gasteiger partial charge on any atom is -0.462 e. The third-order valence-corrected chi connectivity index (χ3v) is 8.34. The van der Waals surface area contributed by atoms with Gasteiger partial charge in [-0.05, 0) is 56.9 Å². The summed E-state index contributed by atoms with van der Waals surface area (Å²) in [6, 6.07) is 5.69. The average Bonchev–Trinajstić information content (AvgIpc) is 3.14. The molecule has 0 saturated carbocycles. The minimum atomic E-state index is -3.71. The van der Waals surface area contributed by atoms with E-state index in [1.807, 2.05) is 4.90 Å². The first-order valence-corrected chi connectivity index (χ1v) is 13.6. The monoisotopic (exact) mass is 493 g/mol. The number of carbonyl (C=O) groups is 3. The highest BCUT2D eigenvalue weighted by Crippen LogP contribution is 2.24. The molecule has 2 amide bonds. The molecule has 9 nitrogen and oxygen atoms in total. The Morgan fingerprint density at radius 3 is 2.18 bits per heavy atom. The van der Waals surface area contributed by atoms with Crippen LogP contribution >= 0.6 is 0 Å². The molecule has 34 heavy (non-hydrogen) atoms. The molecule has 2 aliphatic rings. The van der Waals surface area contributed by atoms with E-state index in [1.165, 1.54) is 28.6 Å². The molecule has 0 radical (unpaired) electrons. The van der Waals surface area contributed by atoms with E-state index in [0.717, 1.165) is 38.8 Å². The lowest BCUT2D eigenvalue weighted by Gasteiger charge is -2.30. The van der Waals surface area contributed by atoms with Gasteiger partial charge in [-0.15, -0.1) is 0 Å². The van der Waals surface area contributed by atoms with Crippen LogP contribution in [0, 0.1) is 5.92 Å². The topological polar surface area (TPSA) is 113 Å². The summed E-state index contributed by atoms with van der Waals surface area (Å²) in [6.45, 7) is 4.34. The Labute approximate surface area is 201 Å². The van der Waals surface area contributed by atoms with Gasteiger partial charge in [-0.3, -0.25) is 9.59 Å². The van der Waals surface area contributed by atoms with Crippen LogP contribution in [-0.4, -0.2) is 74.7 Å². The second-order valence-electron chi connectivity index (χ2n) is 8.76. The summed E-state index contributed by atoms with van der Waals surface area (Å²) in [5, 5.41) is 2.85. The molecule has 0 unspecified atom stereocenters. The molecule has 2 fully saturated rings. The molecule has 1 N–H and O–H groups in total. The van der Waals surface area contributed by atoms with Gasteiger partial charge in [-0.2, -0.15) is 4.31 Å². The Bertz CT molecular complexity index is 947. The van der Waals surface area contributed by atoms with Gasteiger partial charge < -0.3 is 15.0 Å². The molecule has 10 heteroatoms. The summed E-state index contributed by atoms with van der Waals surface area (Å²) in [7, 11) is -3.71. The zero-order valence-electron chi connectivity index (χ0n) is 19.8. The van der Waals surface area contributed by atoms with Crippen molar-refractivity contribution in [3.05, 3.63) is 29.8 Å². The highest BCUT2D eigenvalue weighted by atomic mass is 32.2. The standard InChI is InChI=1S/C24H35N3O6S/c1-2-33-24(30)20-7-9-21(10-8-20)34(31,32)27-17-12-19(13-18-27)23(29)25-14-11-22(28)26-15-5-3-4-6-16-26/h7-10,19H,2-6,11-18H2,1H3,(H,25,29). The second kappa shape index (κ2) is 12.3. The van der Waals surface area contributed by atoms with Crippen molar-refractivity contribution in [2.24, 2.45) is 5.92 Å². The van der Waals surface area contributed by atoms with Crippen LogP contribution in [0.4, 0.5) is 0 Å².